The van der Waals surface area contributed by atoms with Crippen LogP contribution in [-0.4, -0.2) is 50.8 Å². The number of carbonyl (C=O) groups is 1. The van der Waals surface area contributed by atoms with E-state index >= 15 is 0 Å². The van der Waals surface area contributed by atoms with E-state index in [1.165, 1.54) is 0 Å². The summed E-state index contributed by atoms with van der Waals surface area (Å²) in [6.07, 6.45) is 10.8. The van der Waals surface area contributed by atoms with Crippen molar-refractivity contribution in [3.63, 3.8) is 0 Å². The van der Waals surface area contributed by atoms with E-state index in [0.717, 1.165) is 36.1 Å². The first-order chi connectivity index (χ1) is 16.2. The SMILES string of the molecule is CC1(C)CCc2c(C(=O)Nc3cnn(C(c4cccnc4)C4CCS(=O)(=O)CC4)c3)n[nH]c2C1. The third kappa shape index (κ3) is 4.64. The van der Waals surface area contributed by atoms with Gasteiger partial charge < -0.3 is 5.32 Å². The summed E-state index contributed by atoms with van der Waals surface area (Å²) in [7, 11) is -2.98. The summed E-state index contributed by atoms with van der Waals surface area (Å²) >= 11 is 0. The summed E-state index contributed by atoms with van der Waals surface area (Å²) in [5, 5.41) is 14.8. The monoisotopic (exact) mass is 482 g/mol. The van der Waals surface area contributed by atoms with Crippen molar-refractivity contribution < 1.29 is 13.2 Å². The van der Waals surface area contributed by atoms with Crippen LogP contribution in [0.1, 0.15) is 66.5 Å². The van der Waals surface area contributed by atoms with E-state index in [1.807, 2.05) is 16.8 Å². The molecule has 0 bridgehead atoms. The maximum absolute atomic E-state index is 13.0. The second-order valence-electron chi connectivity index (χ2n) is 10.3. The van der Waals surface area contributed by atoms with Crippen molar-refractivity contribution in [1.82, 2.24) is 25.0 Å². The highest BCUT2D eigenvalue weighted by atomic mass is 32.2. The lowest BCUT2D eigenvalue weighted by atomic mass is 9.76. The van der Waals surface area contributed by atoms with Crippen molar-refractivity contribution in [2.75, 3.05) is 16.8 Å². The minimum atomic E-state index is -2.98. The summed E-state index contributed by atoms with van der Waals surface area (Å²) in [6.45, 7) is 4.46. The van der Waals surface area contributed by atoms with E-state index in [2.05, 4.69) is 39.4 Å². The van der Waals surface area contributed by atoms with E-state index in [0.29, 0.717) is 24.2 Å². The molecule has 2 N–H and O–H groups in total. The molecule has 1 amide bonds. The number of fused-ring (bicyclic) bond motifs is 1. The van der Waals surface area contributed by atoms with E-state index in [9.17, 15) is 13.2 Å². The lowest BCUT2D eigenvalue weighted by Gasteiger charge is -2.30. The molecule has 1 aliphatic carbocycles. The highest BCUT2D eigenvalue weighted by Crippen LogP contribution is 2.36. The summed E-state index contributed by atoms with van der Waals surface area (Å²) in [5.41, 5.74) is 4.24. The predicted octanol–water partition coefficient (Wildman–Crippen LogP) is 3.18. The van der Waals surface area contributed by atoms with Gasteiger partial charge in [-0.25, -0.2) is 8.42 Å². The van der Waals surface area contributed by atoms with Crippen molar-refractivity contribution >= 4 is 21.4 Å². The Kier molecular flexibility index (Phi) is 5.79. The number of carbonyl (C=O) groups excluding carboxylic acids is 1. The third-order valence-corrected chi connectivity index (χ3v) is 8.81. The third-order valence-electron chi connectivity index (χ3n) is 7.09. The topological polar surface area (TPSA) is 123 Å². The van der Waals surface area contributed by atoms with Crippen LogP contribution >= 0.6 is 0 Å². The lowest BCUT2D eigenvalue weighted by molar-refractivity contribution is 0.102. The van der Waals surface area contributed by atoms with Gasteiger partial charge in [0.15, 0.2) is 5.69 Å². The molecule has 1 fully saturated rings. The molecule has 9 nitrogen and oxygen atoms in total. The van der Waals surface area contributed by atoms with Crippen molar-refractivity contribution in [2.45, 2.75) is 52.0 Å². The molecule has 180 valence electrons. The van der Waals surface area contributed by atoms with Crippen molar-refractivity contribution in [1.29, 1.82) is 0 Å². The first-order valence-electron chi connectivity index (χ1n) is 11.7. The van der Waals surface area contributed by atoms with E-state index in [1.54, 1.807) is 24.8 Å². The number of rotatable bonds is 5. The van der Waals surface area contributed by atoms with Gasteiger partial charge in [0.05, 0.1) is 29.4 Å². The van der Waals surface area contributed by atoms with Gasteiger partial charge in [-0.15, -0.1) is 0 Å². The fourth-order valence-electron chi connectivity index (χ4n) is 5.20. The smallest absolute Gasteiger partial charge is 0.276 e. The molecule has 34 heavy (non-hydrogen) atoms. The standard InChI is InChI=1S/C24H30N6O3S/c1-24(2)8-5-19-20(12-24)28-29-21(19)23(31)27-18-14-26-30(15-18)22(17-4-3-9-25-13-17)16-6-10-34(32,33)11-7-16/h3-4,9,13-16,22H,5-8,10-12H2,1-2H3,(H,27,31)(H,28,29). The molecule has 3 aromatic rings. The fourth-order valence-corrected chi connectivity index (χ4v) is 6.72. The van der Waals surface area contributed by atoms with Gasteiger partial charge in [0.1, 0.15) is 9.84 Å². The molecule has 0 saturated carbocycles. The van der Waals surface area contributed by atoms with Crippen LogP contribution in [0.4, 0.5) is 5.69 Å². The Morgan fingerprint density at radius 3 is 2.79 bits per heavy atom. The van der Waals surface area contributed by atoms with Crippen LogP contribution in [0.3, 0.4) is 0 Å². The molecule has 5 rings (SSSR count). The Hall–Kier alpha value is -3.01. The minimum absolute atomic E-state index is 0.109. The Morgan fingerprint density at radius 2 is 2.06 bits per heavy atom. The second kappa shape index (κ2) is 8.65. The van der Waals surface area contributed by atoms with Crippen LogP contribution in [0.15, 0.2) is 36.9 Å². The average Bonchev–Trinajstić information content (AvgIpc) is 3.42. The molecule has 2 aliphatic rings. The van der Waals surface area contributed by atoms with Crippen LogP contribution in [0.5, 0.6) is 0 Å². The number of anilines is 1. The van der Waals surface area contributed by atoms with Crippen LogP contribution in [0.2, 0.25) is 0 Å². The molecule has 10 heteroatoms. The van der Waals surface area contributed by atoms with Gasteiger partial charge in [-0.05, 0) is 55.1 Å². The summed E-state index contributed by atoms with van der Waals surface area (Å²) < 4.78 is 25.8. The zero-order valence-corrected chi connectivity index (χ0v) is 20.3. The highest BCUT2D eigenvalue weighted by Gasteiger charge is 2.33. The van der Waals surface area contributed by atoms with Gasteiger partial charge in [0.25, 0.3) is 5.91 Å². The quantitative estimate of drug-likeness (QED) is 0.576. The van der Waals surface area contributed by atoms with Gasteiger partial charge in [0.2, 0.25) is 0 Å². The van der Waals surface area contributed by atoms with Gasteiger partial charge in [0, 0.05) is 29.8 Å². The summed E-state index contributed by atoms with van der Waals surface area (Å²) in [6, 6.07) is 3.70. The van der Waals surface area contributed by atoms with Gasteiger partial charge >= 0.3 is 0 Å². The maximum atomic E-state index is 13.0. The van der Waals surface area contributed by atoms with Crippen molar-refractivity contribution in [3.8, 4) is 0 Å². The number of sulfone groups is 1. The van der Waals surface area contributed by atoms with Gasteiger partial charge in [-0.1, -0.05) is 19.9 Å². The highest BCUT2D eigenvalue weighted by molar-refractivity contribution is 7.91. The first-order valence-corrected chi connectivity index (χ1v) is 13.5. The number of H-pyrrole nitrogens is 1. The van der Waals surface area contributed by atoms with E-state index in [4.69, 9.17) is 0 Å². The average molecular weight is 483 g/mol. The molecular weight excluding hydrogens is 452 g/mol. The molecule has 0 radical (unpaired) electrons. The first kappa shape index (κ1) is 22.8. The molecule has 1 aliphatic heterocycles. The number of aromatic nitrogens is 5. The zero-order chi connectivity index (χ0) is 23.9. The molecule has 3 aromatic heterocycles. The van der Waals surface area contributed by atoms with Gasteiger partial charge in [-0.3, -0.25) is 19.6 Å². The number of aromatic amines is 1. The molecule has 1 atom stereocenters. The molecule has 1 saturated heterocycles. The molecular formula is C24H30N6O3S. The Morgan fingerprint density at radius 1 is 1.26 bits per heavy atom. The second-order valence-corrected chi connectivity index (χ2v) is 12.6. The Labute approximate surface area is 199 Å². The normalized spacial score (nSPS) is 20.4. The van der Waals surface area contributed by atoms with Crippen LogP contribution in [0.25, 0.3) is 0 Å². The predicted molar refractivity (Wildman–Crippen MR) is 128 cm³/mol. The minimum Gasteiger partial charge on any atom is -0.318 e. The zero-order valence-electron chi connectivity index (χ0n) is 19.5. The number of nitrogens with zero attached hydrogens (tertiary/aromatic N) is 4. The largest absolute Gasteiger partial charge is 0.318 e. The fraction of sp³-hybridized carbons (Fsp3) is 0.500. The maximum Gasteiger partial charge on any atom is 0.276 e. The number of nitrogens with one attached hydrogen (secondary N) is 2. The van der Waals surface area contributed by atoms with E-state index < -0.39 is 9.84 Å². The Balaban J connectivity index is 1.36. The number of amides is 1. The Bertz CT molecular complexity index is 1280. The molecule has 1 unspecified atom stereocenters. The number of hydrogen-bond donors (Lipinski definition) is 2. The molecule has 0 aromatic carbocycles. The molecule has 4 heterocycles. The lowest BCUT2D eigenvalue weighted by Crippen LogP contribution is -2.30. The van der Waals surface area contributed by atoms with Crippen molar-refractivity contribution in [2.24, 2.45) is 11.3 Å². The number of hydrogen-bond acceptors (Lipinski definition) is 6. The summed E-state index contributed by atoms with van der Waals surface area (Å²) in [4.78, 5) is 17.3. The van der Waals surface area contributed by atoms with Crippen LogP contribution < -0.4 is 5.32 Å². The van der Waals surface area contributed by atoms with Gasteiger partial charge in [-0.2, -0.15) is 10.2 Å². The molecule has 0 spiro atoms. The van der Waals surface area contributed by atoms with E-state index in [-0.39, 0.29) is 34.8 Å². The van der Waals surface area contributed by atoms with Crippen LogP contribution in [0, 0.1) is 11.3 Å². The van der Waals surface area contributed by atoms with Crippen molar-refractivity contribution in [3.05, 3.63) is 59.4 Å². The number of pyridine rings is 1. The van der Waals surface area contributed by atoms with Crippen LogP contribution in [-0.2, 0) is 22.7 Å². The summed E-state index contributed by atoms with van der Waals surface area (Å²) in [5.74, 6) is 0.220.